The van der Waals surface area contributed by atoms with Crippen molar-refractivity contribution in [2.75, 3.05) is 6.61 Å². The van der Waals surface area contributed by atoms with E-state index in [0.29, 0.717) is 24.0 Å². The van der Waals surface area contributed by atoms with Crippen LogP contribution in [0.5, 0.6) is 0 Å². The van der Waals surface area contributed by atoms with Crippen LogP contribution in [0.2, 0.25) is 0 Å². The number of ether oxygens (including phenoxy) is 3. The predicted octanol–water partition coefficient (Wildman–Crippen LogP) is 0.179. The van der Waals surface area contributed by atoms with Crippen molar-refractivity contribution < 1.29 is 43.8 Å². The van der Waals surface area contributed by atoms with Crippen molar-refractivity contribution in [2.45, 2.75) is 69.6 Å². The van der Waals surface area contributed by atoms with Gasteiger partial charge >= 0.3 is 5.97 Å². The van der Waals surface area contributed by atoms with Gasteiger partial charge in [0.05, 0.1) is 25.2 Å². The summed E-state index contributed by atoms with van der Waals surface area (Å²) >= 11 is 0. The van der Waals surface area contributed by atoms with Gasteiger partial charge in [0.25, 0.3) is 0 Å². The molecule has 0 saturated carbocycles. The first-order chi connectivity index (χ1) is 13.8. The zero-order valence-electron chi connectivity index (χ0n) is 16.2. The largest absolute Gasteiger partial charge is 0.472 e. The molecule has 9 heteroatoms. The number of hydrogen-bond donors (Lipinski definition) is 4. The first-order valence-electron chi connectivity index (χ1n) is 9.68. The second-order valence-corrected chi connectivity index (χ2v) is 8.18. The molecule has 29 heavy (non-hydrogen) atoms. The average molecular weight is 410 g/mol. The fraction of sp³-hybridized carbons (Fsp3) is 0.650. The van der Waals surface area contributed by atoms with Crippen LogP contribution in [0.4, 0.5) is 0 Å². The second kappa shape index (κ2) is 7.50. The highest BCUT2D eigenvalue weighted by Crippen LogP contribution is 2.56. The minimum atomic E-state index is -1.52. The van der Waals surface area contributed by atoms with Crippen LogP contribution in [0, 0.1) is 5.41 Å². The molecule has 3 aliphatic rings. The Morgan fingerprint density at radius 2 is 2.00 bits per heavy atom. The van der Waals surface area contributed by atoms with Crippen molar-refractivity contribution >= 4 is 5.97 Å². The Hall–Kier alpha value is -1.75. The highest BCUT2D eigenvalue weighted by molar-refractivity contribution is 5.94. The first-order valence-corrected chi connectivity index (χ1v) is 9.68. The topological polar surface area (TPSA) is 139 Å². The van der Waals surface area contributed by atoms with Crippen LogP contribution in [0.3, 0.4) is 0 Å². The van der Waals surface area contributed by atoms with Crippen LogP contribution >= 0.6 is 0 Å². The molecule has 2 fully saturated rings. The summed E-state index contributed by atoms with van der Waals surface area (Å²) in [5, 5.41) is 39.5. The molecule has 0 aromatic carbocycles. The number of carbonyl (C=O) groups excluding carboxylic acids is 1. The molecule has 1 aliphatic carbocycles. The third-order valence-electron chi connectivity index (χ3n) is 6.37. The molecule has 2 aliphatic heterocycles. The van der Waals surface area contributed by atoms with Crippen molar-refractivity contribution in [2.24, 2.45) is 5.41 Å². The van der Waals surface area contributed by atoms with E-state index in [1.807, 2.05) is 6.92 Å². The van der Waals surface area contributed by atoms with Gasteiger partial charge in [0, 0.05) is 16.6 Å². The molecule has 9 nitrogen and oxygen atoms in total. The lowest BCUT2D eigenvalue weighted by atomic mass is 9.67. The quantitative estimate of drug-likeness (QED) is 0.512. The van der Waals surface area contributed by atoms with Gasteiger partial charge in [0.15, 0.2) is 6.29 Å². The monoisotopic (exact) mass is 410 g/mol. The standard InChI is InChI=1S/C20H26O9/c1-9-11(27-19-16(24)15(23)14(22)12(7-21)28-19)3-5-20(2)13(9)18(25)29-17(20)10-4-6-26-8-10/h4,6,8,11-12,14-17,19,21-24H,3,5,7H2,1-2H3/t11-,12+,14+,15-,16+,17-,19+,20+/m0/s1. The summed E-state index contributed by atoms with van der Waals surface area (Å²) in [5.74, 6) is -0.418. The van der Waals surface area contributed by atoms with Gasteiger partial charge in [-0.05, 0) is 31.4 Å². The lowest BCUT2D eigenvalue weighted by molar-refractivity contribution is -0.309. The Balaban J connectivity index is 1.58. The summed E-state index contributed by atoms with van der Waals surface area (Å²) < 4.78 is 22.1. The highest BCUT2D eigenvalue weighted by atomic mass is 16.7. The van der Waals surface area contributed by atoms with E-state index in [9.17, 15) is 25.2 Å². The van der Waals surface area contributed by atoms with Gasteiger partial charge in [-0.25, -0.2) is 4.79 Å². The molecule has 1 aromatic rings. The van der Waals surface area contributed by atoms with E-state index in [-0.39, 0.29) is 0 Å². The highest BCUT2D eigenvalue weighted by Gasteiger charge is 2.55. The smallest absolute Gasteiger partial charge is 0.335 e. The van der Waals surface area contributed by atoms with Crippen molar-refractivity contribution in [1.82, 2.24) is 0 Å². The molecular weight excluding hydrogens is 384 g/mol. The number of furan rings is 1. The van der Waals surface area contributed by atoms with Crippen LogP contribution in [-0.4, -0.2) is 69.8 Å². The van der Waals surface area contributed by atoms with Gasteiger partial charge in [-0.3, -0.25) is 0 Å². The van der Waals surface area contributed by atoms with Gasteiger partial charge in [-0.15, -0.1) is 0 Å². The zero-order chi connectivity index (χ0) is 20.9. The third-order valence-corrected chi connectivity index (χ3v) is 6.37. The molecule has 3 heterocycles. The summed E-state index contributed by atoms with van der Waals surface area (Å²) in [6, 6.07) is 1.78. The number of fused-ring (bicyclic) bond motifs is 1. The van der Waals surface area contributed by atoms with E-state index in [4.69, 9.17) is 18.6 Å². The maximum Gasteiger partial charge on any atom is 0.335 e. The Morgan fingerprint density at radius 3 is 2.66 bits per heavy atom. The Bertz CT molecular complexity index is 786. The van der Waals surface area contributed by atoms with Crippen LogP contribution in [0.25, 0.3) is 0 Å². The van der Waals surface area contributed by atoms with E-state index in [0.717, 1.165) is 5.56 Å². The maximum absolute atomic E-state index is 12.7. The molecule has 1 aromatic heterocycles. The van der Waals surface area contributed by atoms with Crippen molar-refractivity contribution in [3.05, 3.63) is 35.3 Å². The summed E-state index contributed by atoms with van der Waals surface area (Å²) in [6.45, 7) is 3.21. The minimum Gasteiger partial charge on any atom is -0.472 e. The van der Waals surface area contributed by atoms with Gasteiger partial charge in [-0.2, -0.15) is 0 Å². The fourth-order valence-corrected chi connectivity index (χ4v) is 4.71. The van der Waals surface area contributed by atoms with E-state index in [2.05, 4.69) is 0 Å². The number of rotatable bonds is 4. The molecule has 0 spiro atoms. The molecule has 160 valence electrons. The number of esters is 1. The Labute approximate surface area is 167 Å². The molecule has 0 bridgehead atoms. The first kappa shape index (κ1) is 20.5. The molecule has 0 radical (unpaired) electrons. The molecule has 2 saturated heterocycles. The average Bonchev–Trinajstić information content (AvgIpc) is 3.31. The fourth-order valence-electron chi connectivity index (χ4n) is 4.71. The lowest BCUT2D eigenvalue weighted by Gasteiger charge is -2.43. The van der Waals surface area contributed by atoms with Crippen LogP contribution in [-0.2, 0) is 19.0 Å². The molecule has 4 rings (SSSR count). The van der Waals surface area contributed by atoms with E-state index >= 15 is 0 Å². The maximum atomic E-state index is 12.7. The summed E-state index contributed by atoms with van der Waals surface area (Å²) in [7, 11) is 0. The summed E-state index contributed by atoms with van der Waals surface area (Å²) in [5.41, 5.74) is 1.45. The van der Waals surface area contributed by atoms with Gasteiger partial charge in [0.1, 0.15) is 30.5 Å². The predicted molar refractivity (Wildman–Crippen MR) is 96.2 cm³/mol. The number of hydrogen-bond acceptors (Lipinski definition) is 9. The third kappa shape index (κ3) is 3.22. The van der Waals surface area contributed by atoms with Crippen molar-refractivity contribution in [3.63, 3.8) is 0 Å². The SMILES string of the molecule is CC1=C2C(=O)O[C@@H](c3ccoc3)[C@]2(C)CC[C@@H]1O[C@@H]1O[C@H](CO)[C@@H](O)[C@H](O)[C@H]1O. The lowest BCUT2D eigenvalue weighted by Crippen LogP contribution is -2.59. The van der Waals surface area contributed by atoms with Gasteiger partial charge in [-0.1, -0.05) is 6.92 Å². The summed E-state index contributed by atoms with van der Waals surface area (Å²) in [6.07, 6.45) is -3.55. The van der Waals surface area contributed by atoms with Gasteiger partial charge < -0.3 is 39.1 Å². The molecule has 8 atom stereocenters. The van der Waals surface area contributed by atoms with E-state index in [1.165, 1.54) is 6.26 Å². The molecule has 0 unspecified atom stereocenters. The van der Waals surface area contributed by atoms with Gasteiger partial charge in [0.2, 0.25) is 0 Å². The number of aliphatic hydroxyl groups excluding tert-OH is 4. The number of cyclic esters (lactones) is 1. The Morgan fingerprint density at radius 1 is 1.24 bits per heavy atom. The Kier molecular flexibility index (Phi) is 5.30. The minimum absolute atomic E-state index is 0.418. The number of aliphatic hydroxyl groups is 4. The van der Waals surface area contributed by atoms with Crippen LogP contribution in [0.15, 0.2) is 34.2 Å². The van der Waals surface area contributed by atoms with Crippen molar-refractivity contribution in [3.8, 4) is 0 Å². The second-order valence-electron chi connectivity index (χ2n) is 8.18. The van der Waals surface area contributed by atoms with E-state index in [1.54, 1.807) is 19.3 Å². The molecule has 4 N–H and O–H groups in total. The van der Waals surface area contributed by atoms with E-state index < -0.39 is 60.9 Å². The zero-order valence-corrected chi connectivity index (χ0v) is 16.2. The molecular formula is C20H26O9. The van der Waals surface area contributed by atoms with Crippen molar-refractivity contribution in [1.29, 1.82) is 0 Å². The molecule has 0 amide bonds. The van der Waals surface area contributed by atoms with Crippen LogP contribution in [0.1, 0.15) is 38.4 Å². The number of carbonyl (C=O) groups is 1. The van der Waals surface area contributed by atoms with Crippen LogP contribution < -0.4 is 0 Å². The summed E-state index contributed by atoms with van der Waals surface area (Å²) in [4.78, 5) is 12.7. The normalized spacial score (nSPS) is 42.7.